The highest BCUT2D eigenvalue weighted by atomic mass is 32.2. The maximum atomic E-state index is 13.4. The quantitative estimate of drug-likeness (QED) is 0.537. The van der Waals surface area contributed by atoms with Gasteiger partial charge in [0.15, 0.2) is 0 Å². The van der Waals surface area contributed by atoms with E-state index >= 15 is 0 Å². The zero-order valence-corrected chi connectivity index (χ0v) is 16.1. The standard InChI is InChI=1S/C19H18FNO6S/c1-3-25-17(23)9-16-21(15(22)10-28-16)6-7-26-19(24)18-11(2)13-8-12(20)4-5-14(13)27-18/h4-5,8-9H,3,6-7,10H2,1-2H3/b16-9-. The van der Waals surface area contributed by atoms with Crippen LogP contribution in [-0.4, -0.2) is 48.3 Å². The predicted octanol–water partition coefficient (Wildman–Crippen LogP) is 3.02. The summed E-state index contributed by atoms with van der Waals surface area (Å²) in [5.41, 5.74) is 0.867. The second-order valence-corrected chi connectivity index (χ2v) is 6.90. The summed E-state index contributed by atoms with van der Waals surface area (Å²) in [4.78, 5) is 37.3. The van der Waals surface area contributed by atoms with E-state index in [-0.39, 0.29) is 37.2 Å². The van der Waals surface area contributed by atoms with Gasteiger partial charge >= 0.3 is 11.9 Å². The summed E-state index contributed by atoms with van der Waals surface area (Å²) in [6.07, 6.45) is 1.25. The highest BCUT2D eigenvalue weighted by molar-refractivity contribution is 8.04. The number of amides is 1. The second kappa shape index (κ2) is 8.47. The Kier molecular flexibility index (Phi) is 6.03. The first-order valence-electron chi connectivity index (χ1n) is 8.58. The van der Waals surface area contributed by atoms with Crippen molar-refractivity contribution in [2.75, 3.05) is 25.5 Å². The molecule has 0 atom stereocenters. The fourth-order valence-corrected chi connectivity index (χ4v) is 3.69. The summed E-state index contributed by atoms with van der Waals surface area (Å²) in [5.74, 6) is -1.66. The number of rotatable bonds is 6. The van der Waals surface area contributed by atoms with Crippen LogP contribution in [0.4, 0.5) is 4.39 Å². The lowest BCUT2D eigenvalue weighted by Gasteiger charge is -2.16. The van der Waals surface area contributed by atoms with Crippen LogP contribution in [0.15, 0.2) is 33.7 Å². The van der Waals surface area contributed by atoms with Crippen molar-refractivity contribution in [1.29, 1.82) is 0 Å². The van der Waals surface area contributed by atoms with Gasteiger partial charge in [-0.3, -0.25) is 4.79 Å². The van der Waals surface area contributed by atoms with Crippen LogP contribution in [0.2, 0.25) is 0 Å². The van der Waals surface area contributed by atoms with Gasteiger partial charge in [-0.15, -0.1) is 0 Å². The number of hydrogen-bond acceptors (Lipinski definition) is 7. The van der Waals surface area contributed by atoms with E-state index in [0.717, 1.165) is 0 Å². The van der Waals surface area contributed by atoms with Crippen molar-refractivity contribution in [1.82, 2.24) is 4.90 Å². The van der Waals surface area contributed by atoms with E-state index < -0.39 is 17.8 Å². The van der Waals surface area contributed by atoms with Gasteiger partial charge in [0.1, 0.15) is 18.0 Å². The highest BCUT2D eigenvalue weighted by Crippen LogP contribution is 2.29. The van der Waals surface area contributed by atoms with Gasteiger partial charge in [-0.05, 0) is 32.0 Å². The zero-order valence-electron chi connectivity index (χ0n) is 15.3. The smallest absolute Gasteiger partial charge is 0.374 e. The van der Waals surface area contributed by atoms with Crippen LogP contribution in [0.25, 0.3) is 11.0 Å². The molecule has 148 valence electrons. The molecular weight excluding hydrogens is 389 g/mol. The Bertz CT molecular complexity index is 967. The first kappa shape index (κ1) is 19.9. The molecule has 0 spiro atoms. The molecular formula is C19H18FNO6S. The predicted molar refractivity (Wildman–Crippen MR) is 100 cm³/mol. The van der Waals surface area contributed by atoms with Crippen molar-refractivity contribution in [3.8, 4) is 0 Å². The third-order valence-electron chi connectivity index (χ3n) is 4.07. The van der Waals surface area contributed by atoms with Gasteiger partial charge < -0.3 is 18.8 Å². The lowest BCUT2D eigenvalue weighted by Crippen LogP contribution is -2.29. The number of nitrogens with zero attached hydrogens (tertiary/aromatic N) is 1. The third-order valence-corrected chi connectivity index (χ3v) is 5.10. The number of furan rings is 1. The fourth-order valence-electron chi connectivity index (χ4n) is 2.74. The first-order chi connectivity index (χ1) is 13.4. The molecule has 1 aliphatic rings. The molecule has 1 fully saturated rings. The molecule has 2 aromatic rings. The molecule has 3 rings (SSSR count). The number of ether oxygens (including phenoxy) is 2. The summed E-state index contributed by atoms with van der Waals surface area (Å²) < 4.78 is 28.9. The van der Waals surface area contributed by atoms with Crippen LogP contribution in [0.1, 0.15) is 23.0 Å². The van der Waals surface area contributed by atoms with Crippen LogP contribution in [0.5, 0.6) is 0 Å². The van der Waals surface area contributed by atoms with E-state index in [1.807, 2.05) is 0 Å². The molecule has 0 unspecified atom stereocenters. The molecule has 1 aromatic carbocycles. The Balaban J connectivity index is 1.64. The Morgan fingerprint density at radius 3 is 2.89 bits per heavy atom. The average Bonchev–Trinajstić information content (AvgIpc) is 3.16. The molecule has 28 heavy (non-hydrogen) atoms. The first-order valence-corrected chi connectivity index (χ1v) is 9.56. The molecule has 1 saturated heterocycles. The number of halogens is 1. The SMILES string of the molecule is CCOC(=O)/C=C1\SCC(=O)N1CCOC(=O)c1oc2ccc(F)cc2c1C. The number of fused-ring (bicyclic) bond motifs is 1. The van der Waals surface area contributed by atoms with Crippen molar-refractivity contribution >= 4 is 40.6 Å². The Morgan fingerprint density at radius 1 is 1.36 bits per heavy atom. The summed E-state index contributed by atoms with van der Waals surface area (Å²) in [6.45, 7) is 3.57. The number of thioether (sulfide) groups is 1. The van der Waals surface area contributed by atoms with Crippen molar-refractivity contribution in [2.45, 2.75) is 13.8 Å². The molecule has 0 saturated carbocycles. The lowest BCUT2D eigenvalue weighted by molar-refractivity contribution is -0.137. The largest absolute Gasteiger partial charge is 0.463 e. The van der Waals surface area contributed by atoms with Crippen LogP contribution in [0, 0.1) is 12.7 Å². The number of carbonyl (C=O) groups is 3. The molecule has 1 amide bonds. The molecule has 7 nitrogen and oxygen atoms in total. The third kappa shape index (κ3) is 4.19. The topological polar surface area (TPSA) is 86.0 Å². The number of benzene rings is 1. The van der Waals surface area contributed by atoms with Gasteiger partial charge in [-0.2, -0.15) is 0 Å². The minimum Gasteiger partial charge on any atom is -0.463 e. The van der Waals surface area contributed by atoms with Gasteiger partial charge in [-0.25, -0.2) is 14.0 Å². The van der Waals surface area contributed by atoms with Crippen molar-refractivity contribution in [2.24, 2.45) is 0 Å². The molecule has 1 aliphatic heterocycles. The molecule has 0 N–H and O–H groups in total. The maximum absolute atomic E-state index is 13.4. The van der Waals surface area contributed by atoms with E-state index in [0.29, 0.717) is 21.6 Å². The van der Waals surface area contributed by atoms with Crippen LogP contribution in [0.3, 0.4) is 0 Å². The lowest BCUT2D eigenvalue weighted by atomic mass is 10.1. The number of esters is 2. The fraction of sp³-hybridized carbons (Fsp3) is 0.316. The van der Waals surface area contributed by atoms with Gasteiger partial charge in [0, 0.05) is 10.9 Å². The van der Waals surface area contributed by atoms with Gasteiger partial charge in [-0.1, -0.05) is 11.8 Å². The number of carbonyl (C=O) groups excluding carboxylic acids is 3. The Labute approximate surface area is 164 Å². The number of aryl methyl sites for hydroxylation is 1. The maximum Gasteiger partial charge on any atom is 0.374 e. The minimum atomic E-state index is -0.704. The molecule has 9 heteroatoms. The van der Waals surface area contributed by atoms with E-state index in [9.17, 15) is 18.8 Å². The molecule has 0 radical (unpaired) electrons. The Hall–Kier alpha value is -2.81. The summed E-state index contributed by atoms with van der Waals surface area (Å²) in [6, 6.07) is 3.98. The van der Waals surface area contributed by atoms with Crippen LogP contribution < -0.4 is 0 Å². The molecule has 0 bridgehead atoms. The van der Waals surface area contributed by atoms with Crippen molar-refractivity contribution < 1.29 is 32.7 Å². The number of hydrogen-bond donors (Lipinski definition) is 0. The normalized spacial score (nSPS) is 15.5. The minimum absolute atomic E-state index is 0.00925. The van der Waals surface area contributed by atoms with Gasteiger partial charge in [0.25, 0.3) is 0 Å². The molecule has 0 aliphatic carbocycles. The van der Waals surface area contributed by atoms with Crippen LogP contribution >= 0.6 is 11.8 Å². The molecule has 1 aromatic heterocycles. The summed E-state index contributed by atoms with van der Waals surface area (Å²) in [7, 11) is 0. The monoisotopic (exact) mass is 407 g/mol. The van der Waals surface area contributed by atoms with E-state index in [4.69, 9.17) is 13.9 Å². The van der Waals surface area contributed by atoms with E-state index in [2.05, 4.69) is 0 Å². The zero-order chi connectivity index (χ0) is 20.3. The van der Waals surface area contributed by atoms with Gasteiger partial charge in [0.2, 0.25) is 11.7 Å². The van der Waals surface area contributed by atoms with E-state index in [1.165, 1.54) is 40.9 Å². The highest BCUT2D eigenvalue weighted by Gasteiger charge is 2.28. The van der Waals surface area contributed by atoms with Crippen molar-refractivity contribution in [3.63, 3.8) is 0 Å². The van der Waals surface area contributed by atoms with Crippen LogP contribution in [-0.2, 0) is 19.1 Å². The average molecular weight is 407 g/mol. The summed E-state index contributed by atoms with van der Waals surface area (Å²) in [5, 5.41) is 0.951. The van der Waals surface area contributed by atoms with Crippen molar-refractivity contribution in [3.05, 3.63) is 46.4 Å². The summed E-state index contributed by atoms with van der Waals surface area (Å²) >= 11 is 1.22. The van der Waals surface area contributed by atoms with Gasteiger partial charge in [0.05, 0.1) is 30.0 Å². The molecule has 2 heterocycles. The Morgan fingerprint density at radius 2 is 2.14 bits per heavy atom. The van der Waals surface area contributed by atoms with E-state index in [1.54, 1.807) is 13.8 Å². The second-order valence-electron chi connectivity index (χ2n) is 5.90.